The van der Waals surface area contributed by atoms with Gasteiger partial charge >= 0.3 is 0 Å². The van der Waals surface area contributed by atoms with Crippen LogP contribution in [-0.4, -0.2) is 31.7 Å². The van der Waals surface area contributed by atoms with E-state index >= 15 is 0 Å². The summed E-state index contributed by atoms with van der Waals surface area (Å²) in [5.74, 6) is -0.00219. The van der Waals surface area contributed by atoms with Crippen molar-refractivity contribution in [1.29, 1.82) is 0 Å². The monoisotopic (exact) mass is 306 g/mol. The second kappa shape index (κ2) is 7.41. The Labute approximate surface area is 130 Å². The standard InChI is InChI=1S/C16H18N2O2.ClH/c19-16(15-11-20-9-8-17-15)18-10-13-6-3-5-12-4-1-2-7-14(12)13;/h1-7,15,17H,8-11H2,(H,18,19);1H. The topological polar surface area (TPSA) is 50.4 Å². The number of fused-ring (bicyclic) bond motifs is 1. The average Bonchev–Trinajstić information content (AvgIpc) is 2.53. The van der Waals surface area contributed by atoms with Crippen LogP contribution in [0, 0.1) is 0 Å². The van der Waals surface area contributed by atoms with Crippen LogP contribution in [0.5, 0.6) is 0 Å². The number of carbonyl (C=O) groups is 1. The third-order valence-electron chi connectivity index (χ3n) is 3.57. The van der Waals surface area contributed by atoms with Crippen molar-refractivity contribution < 1.29 is 9.53 Å². The molecule has 112 valence electrons. The molecule has 0 saturated carbocycles. The van der Waals surface area contributed by atoms with E-state index in [0.29, 0.717) is 19.8 Å². The number of amides is 1. The number of ether oxygens (including phenoxy) is 1. The van der Waals surface area contributed by atoms with Gasteiger partial charge in [-0.25, -0.2) is 0 Å². The summed E-state index contributed by atoms with van der Waals surface area (Å²) >= 11 is 0. The molecule has 0 spiro atoms. The number of hydrogen-bond acceptors (Lipinski definition) is 3. The summed E-state index contributed by atoms with van der Waals surface area (Å²) in [5.41, 5.74) is 1.13. The van der Waals surface area contributed by atoms with Gasteiger partial charge in [0.1, 0.15) is 6.04 Å². The zero-order valence-corrected chi connectivity index (χ0v) is 12.5. The number of nitrogens with one attached hydrogen (secondary N) is 2. The van der Waals surface area contributed by atoms with Crippen LogP contribution >= 0.6 is 12.4 Å². The Balaban J connectivity index is 0.00000161. The van der Waals surface area contributed by atoms with E-state index in [9.17, 15) is 4.79 Å². The second-order valence-corrected chi connectivity index (χ2v) is 4.94. The van der Waals surface area contributed by atoms with Crippen LogP contribution in [-0.2, 0) is 16.1 Å². The molecule has 1 aliphatic heterocycles. The molecule has 0 aromatic heterocycles. The number of morpholine rings is 1. The van der Waals surface area contributed by atoms with Gasteiger partial charge in [0.25, 0.3) is 0 Å². The lowest BCUT2D eigenvalue weighted by Gasteiger charge is -2.23. The highest BCUT2D eigenvalue weighted by molar-refractivity contribution is 5.87. The minimum atomic E-state index is -0.237. The molecule has 2 aromatic carbocycles. The average molecular weight is 307 g/mol. The molecule has 1 aliphatic rings. The summed E-state index contributed by atoms with van der Waals surface area (Å²) < 4.78 is 5.30. The highest BCUT2D eigenvalue weighted by Crippen LogP contribution is 2.18. The molecule has 3 rings (SSSR count). The van der Waals surface area contributed by atoms with E-state index in [1.807, 2.05) is 24.3 Å². The van der Waals surface area contributed by atoms with E-state index in [0.717, 1.165) is 12.1 Å². The summed E-state index contributed by atoms with van der Waals surface area (Å²) in [5, 5.41) is 8.51. The zero-order chi connectivity index (χ0) is 13.8. The van der Waals surface area contributed by atoms with Gasteiger partial charge in [0.15, 0.2) is 0 Å². The van der Waals surface area contributed by atoms with Crippen LogP contribution in [0.3, 0.4) is 0 Å². The van der Waals surface area contributed by atoms with Gasteiger partial charge in [-0.1, -0.05) is 42.5 Å². The molecular formula is C16H19ClN2O2. The lowest BCUT2D eigenvalue weighted by atomic mass is 10.0. The normalized spacial score (nSPS) is 18.0. The molecule has 0 aliphatic carbocycles. The Morgan fingerprint density at radius 3 is 2.86 bits per heavy atom. The first kappa shape index (κ1) is 15.8. The van der Waals surface area contributed by atoms with E-state index in [1.165, 1.54) is 10.8 Å². The Morgan fingerprint density at radius 1 is 1.24 bits per heavy atom. The molecule has 1 amide bonds. The second-order valence-electron chi connectivity index (χ2n) is 4.94. The smallest absolute Gasteiger partial charge is 0.239 e. The zero-order valence-electron chi connectivity index (χ0n) is 11.7. The van der Waals surface area contributed by atoms with Crippen molar-refractivity contribution in [2.45, 2.75) is 12.6 Å². The molecule has 2 aromatic rings. The summed E-state index contributed by atoms with van der Waals surface area (Å²) in [4.78, 5) is 12.1. The lowest BCUT2D eigenvalue weighted by molar-refractivity contribution is -0.126. The number of carbonyl (C=O) groups excluding carboxylic acids is 1. The van der Waals surface area contributed by atoms with Gasteiger partial charge in [-0.3, -0.25) is 4.79 Å². The van der Waals surface area contributed by atoms with Gasteiger partial charge in [0.05, 0.1) is 13.2 Å². The first-order chi connectivity index (χ1) is 9.84. The van der Waals surface area contributed by atoms with Gasteiger partial charge in [0.2, 0.25) is 5.91 Å². The predicted molar refractivity (Wildman–Crippen MR) is 85.7 cm³/mol. The van der Waals surface area contributed by atoms with Gasteiger partial charge in [-0.05, 0) is 16.3 Å². The molecule has 1 heterocycles. The molecule has 4 nitrogen and oxygen atoms in total. The maximum Gasteiger partial charge on any atom is 0.239 e. The number of benzene rings is 2. The Morgan fingerprint density at radius 2 is 2.05 bits per heavy atom. The molecule has 5 heteroatoms. The van der Waals surface area contributed by atoms with Gasteiger partial charge < -0.3 is 15.4 Å². The first-order valence-corrected chi connectivity index (χ1v) is 6.90. The van der Waals surface area contributed by atoms with E-state index in [-0.39, 0.29) is 24.4 Å². The summed E-state index contributed by atoms with van der Waals surface area (Å²) in [7, 11) is 0. The highest BCUT2D eigenvalue weighted by Gasteiger charge is 2.20. The minimum Gasteiger partial charge on any atom is -0.378 e. The van der Waals surface area contributed by atoms with Crippen LogP contribution < -0.4 is 10.6 Å². The summed E-state index contributed by atoms with van der Waals surface area (Å²) in [6, 6.07) is 14.1. The molecule has 1 saturated heterocycles. The van der Waals surface area contributed by atoms with Crippen molar-refractivity contribution in [2.24, 2.45) is 0 Å². The van der Waals surface area contributed by atoms with Crippen LogP contribution in [0.4, 0.5) is 0 Å². The van der Waals surface area contributed by atoms with Crippen molar-refractivity contribution in [2.75, 3.05) is 19.8 Å². The van der Waals surface area contributed by atoms with Crippen molar-refractivity contribution >= 4 is 29.1 Å². The van der Waals surface area contributed by atoms with E-state index in [4.69, 9.17) is 4.74 Å². The van der Waals surface area contributed by atoms with Crippen molar-refractivity contribution in [3.05, 3.63) is 48.0 Å². The molecule has 1 unspecified atom stereocenters. The highest BCUT2D eigenvalue weighted by atomic mass is 35.5. The predicted octanol–water partition coefficient (Wildman–Crippen LogP) is 1.87. The first-order valence-electron chi connectivity index (χ1n) is 6.90. The van der Waals surface area contributed by atoms with Crippen molar-refractivity contribution in [3.63, 3.8) is 0 Å². The van der Waals surface area contributed by atoms with Crippen LogP contribution in [0.2, 0.25) is 0 Å². The SMILES string of the molecule is Cl.O=C(NCc1cccc2ccccc12)C1COCCN1. The molecule has 0 bridgehead atoms. The fourth-order valence-corrected chi connectivity index (χ4v) is 2.49. The van der Waals surface area contributed by atoms with Crippen molar-refractivity contribution in [3.8, 4) is 0 Å². The third kappa shape index (κ3) is 3.73. The van der Waals surface area contributed by atoms with Gasteiger partial charge in [-0.15, -0.1) is 12.4 Å². The van der Waals surface area contributed by atoms with Crippen LogP contribution in [0.15, 0.2) is 42.5 Å². The minimum absolute atomic E-state index is 0. The van der Waals surface area contributed by atoms with E-state index in [1.54, 1.807) is 0 Å². The number of hydrogen-bond donors (Lipinski definition) is 2. The maximum absolute atomic E-state index is 12.1. The molecule has 21 heavy (non-hydrogen) atoms. The van der Waals surface area contributed by atoms with Gasteiger partial charge in [0, 0.05) is 13.1 Å². The van der Waals surface area contributed by atoms with E-state index in [2.05, 4.69) is 28.8 Å². The molecule has 1 fully saturated rings. The number of rotatable bonds is 3. The Bertz CT molecular complexity index is 607. The molecule has 1 atom stereocenters. The largest absolute Gasteiger partial charge is 0.378 e. The number of halogens is 1. The van der Waals surface area contributed by atoms with E-state index < -0.39 is 0 Å². The molecular weight excluding hydrogens is 288 g/mol. The fraction of sp³-hybridized carbons (Fsp3) is 0.312. The maximum atomic E-state index is 12.1. The quantitative estimate of drug-likeness (QED) is 0.910. The summed E-state index contributed by atoms with van der Waals surface area (Å²) in [6.45, 7) is 2.39. The summed E-state index contributed by atoms with van der Waals surface area (Å²) in [6.07, 6.45) is 0. The van der Waals surface area contributed by atoms with Gasteiger partial charge in [-0.2, -0.15) is 0 Å². The molecule has 0 radical (unpaired) electrons. The molecule has 2 N–H and O–H groups in total. The fourth-order valence-electron chi connectivity index (χ4n) is 2.49. The third-order valence-corrected chi connectivity index (χ3v) is 3.57. The van der Waals surface area contributed by atoms with Crippen LogP contribution in [0.1, 0.15) is 5.56 Å². The lowest BCUT2D eigenvalue weighted by Crippen LogP contribution is -2.51. The van der Waals surface area contributed by atoms with Crippen molar-refractivity contribution in [1.82, 2.24) is 10.6 Å². The Kier molecular flexibility index (Phi) is 5.56. The van der Waals surface area contributed by atoms with Crippen LogP contribution in [0.25, 0.3) is 10.8 Å². The Hall–Kier alpha value is -1.62.